The van der Waals surface area contributed by atoms with Gasteiger partial charge in [-0.05, 0) is 23.1 Å². The quantitative estimate of drug-likeness (QED) is 0.762. The van der Waals surface area contributed by atoms with Crippen molar-refractivity contribution in [3.8, 4) is 0 Å². The molecule has 0 aliphatic rings. The molecule has 78 valence electrons. The highest BCUT2D eigenvalue weighted by Gasteiger charge is 2.07. The van der Waals surface area contributed by atoms with Gasteiger partial charge in [-0.3, -0.25) is 4.79 Å². The van der Waals surface area contributed by atoms with E-state index in [1.807, 2.05) is 24.4 Å². The third-order valence-electron chi connectivity index (χ3n) is 1.74. The maximum absolute atomic E-state index is 11.5. The molecular formula is C10H14O2S2. The Morgan fingerprint density at radius 1 is 1.71 bits per heavy atom. The van der Waals surface area contributed by atoms with E-state index in [4.69, 9.17) is 5.11 Å². The van der Waals surface area contributed by atoms with Gasteiger partial charge < -0.3 is 5.11 Å². The van der Waals surface area contributed by atoms with Crippen molar-refractivity contribution in [2.24, 2.45) is 5.92 Å². The summed E-state index contributed by atoms with van der Waals surface area (Å²) in [5.41, 5.74) is 0. The molecule has 0 aliphatic carbocycles. The Labute approximate surface area is 92.3 Å². The summed E-state index contributed by atoms with van der Waals surface area (Å²) in [5, 5.41) is 10.7. The van der Waals surface area contributed by atoms with Gasteiger partial charge in [-0.2, -0.15) is 11.8 Å². The summed E-state index contributed by atoms with van der Waals surface area (Å²) in [7, 11) is 0. The van der Waals surface area contributed by atoms with Crippen LogP contribution in [0.25, 0.3) is 0 Å². The lowest BCUT2D eigenvalue weighted by Gasteiger charge is -2.05. The molecule has 0 radical (unpaired) electrons. The summed E-state index contributed by atoms with van der Waals surface area (Å²) in [4.78, 5) is 12.3. The van der Waals surface area contributed by atoms with Gasteiger partial charge in [0.25, 0.3) is 0 Å². The Kier molecular flexibility index (Phi) is 5.22. The smallest absolute Gasteiger partial charge is 0.182 e. The molecule has 1 aromatic rings. The molecule has 0 spiro atoms. The van der Waals surface area contributed by atoms with E-state index in [1.54, 1.807) is 11.8 Å². The van der Waals surface area contributed by atoms with Crippen LogP contribution in [0.5, 0.6) is 0 Å². The summed E-state index contributed by atoms with van der Waals surface area (Å²) in [5.74, 6) is 1.82. The van der Waals surface area contributed by atoms with E-state index in [1.165, 1.54) is 11.3 Å². The van der Waals surface area contributed by atoms with Crippen molar-refractivity contribution in [2.45, 2.75) is 6.92 Å². The van der Waals surface area contributed by atoms with Crippen molar-refractivity contribution >= 4 is 28.9 Å². The number of carbonyl (C=O) groups excluding carboxylic acids is 1. The second-order valence-electron chi connectivity index (χ2n) is 3.20. The Morgan fingerprint density at radius 3 is 3.07 bits per heavy atom. The van der Waals surface area contributed by atoms with Crippen LogP contribution in [-0.2, 0) is 0 Å². The fraction of sp³-hybridized carbons (Fsp3) is 0.500. The number of Topliss-reactive ketones (excluding diaryl/α,β-unsaturated/α-hetero) is 1. The molecule has 14 heavy (non-hydrogen) atoms. The molecule has 0 aliphatic heterocycles. The predicted molar refractivity (Wildman–Crippen MR) is 62.2 cm³/mol. The van der Waals surface area contributed by atoms with E-state index >= 15 is 0 Å². The van der Waals surface area contributed by atoms with Gasteiger partial charge in [0.1, 0.15) is 0 Å². The van der Waals surface area contributed by atoms with Crippen molar-refractivity contribution in [1.29, 1.82) is 0 Å². The van der Waals surface area contributed by atoms with Crippen LogP contribution in [0, 0.1) is 5.92 Å². The van der Waals surface area contributed by atoms with E-state index in [0.717, 1.165) is 10.6 Å². The standard InChI is InChI=1S/C10H14O2S2/c1-8(5-11)6-13-7-9(12)10-3-2-4-14-10/h2-4,8,11H,5-7H2,1H3. The van der Waals surface area contributed by atoms with Crippen LogP contribution >= 0.6 is 23.1 Å². The molecule has 4 heteroatoms. The fourth-order valence-electron chi connectivity index (χ4n) is 0.914. The summed E-state index contributed by atoms with van der Waals surface area (Å²) in [6, 6.07) is 3.74. The summed E-state index contributed by atoms with van der Waals surface area (Å²) >= 11 is 3.07. The molecule has 0 saturated heterocycles. The lowest BCUT2D eigenvalue weighted by atomic mass is 10.2. The normalized spacial score (nSPS) is 12.7. The fourth-order valence-corrected chi connectivity index (χ4v) is 2.64. The van der Waals surface area contributed by atoms with Gasteiger partial charge in [0, 0.05) is 6.61 Å². The van der Waals surface area contributed by atoms with E-state index in [0.29, 0.717) is 5.75 Å². The Hall–Kier alpha value is -0.320. The molecule has 0 amide bonds. The second-order valence-corrected chi connectivity index (χ2v) is 5.18. The molecule has 1 aromatic heterocycles. The minimum atomic E-state index is 0.190. The van der Waals surface area contributed by atoms with Gasteiger partial charge in [0.15, 0.2) is 5.78 Å². The summed E-state index contributed by atoms with van der Waals surface area (Å²) in [6.07, 6.45) is 0. The first-order chi connectivity index (χ1) is 6.74. The summed E-state index contributed by atoms with van der Waals surface area (Å²) in [6.45, 7) is 2.17. The second kappa shape index (κ2) is 6.22. The average molecular weight is 230 g/mol. The number of hydrogen-bond acceptors (Lipinski definition) is 4. The van der Waals surface area contributed by atoms with Gasteiger partial charge in [-0.15, -0.1) is 11.3 Å². The third-order valence-corrected chi connectivity index (χ3v) is 3.93. The molecule has 0 saturated carbocycles. The number of hydrogen-bond donors (Lipinski definition) is 1. The van der Waals surface area contributed by atoms with E-state index < -0.39 is 0 Å². The number of carbonyl (C=O) groups is 1. The molecule has 1 N–H and O–H groups in total. The monoisotopic (exact) mass is 230 g/mol. The number of rotatable bonds is 6. The van der Waals surface area contributed by atoms with Crippen LogP contribution in [0.2, 0.25) is 0 Å². The van der Waals surface area contributed by atoms with Crippen LogP contribution in [0.4, 0.5) is 0 Å². The Morgan fingerprint density at radius 2 is 2.50 bits per heavy atom. The lowest BCUT2D eigenvalue weighted by Crippen LogP contribution is -2.07. The molecule has 1 heterocycles. The SMILES string of the molecule is CC(CO)CSCC(=O)c1cccs1. The summed E-state index contributed by atoms with van der Waals surface area (Å²) < 4.78 is 0. The molecule has 1 unspecified atom stereocenters. The lowest BCUT2D eigenvalue weighted by molar-refractivity contribution is 0.102. The maximum atomic E-state index is 11.5. The van der Waals surface area contributed by atoms with Gasteiger partial charge in [-0.1, -0.05) is 13.0 Å². The highest BCUT2D eigenvalue weighted by Crippen LogP contribution is 2.14. The van der Waals surface area contributed by atoms with Gasteiger partial charge in [0.05, 0.1) is 10.6 Å². The van der Waals surface area contributed by atoms with Gasteiger partial charge in [-0.25, -0.2) is 0 Å². The molecule has 0 fully saturated rings. The van der Waals surface area contributed by atoms with E-state index in [9.17, 15) is 4.79 Å². The van der Waals surface area contributed by atoms with Crippen LogP contribution in [0.15, 0.2) is 17.5 Å². The zero-order valence-corrected chi connectivity index (χ0v) is 9.74. The first-order valence-corrected chi connectivity index (χ1v) is 6.52. The highest BCUT2D eigenvalue weighted by molar-refractivity contribution is 8.00. The predicted octanol–water partition coefficient (Wildman–Crippen LogP) is 2.29. The number of thiophene rings is 1. The molecular weight excluding hydrogens is 216 g/mol. The first-order valence-electron chi connectivity index (χ1n) is 4.49. The van der Waals surface area contributed by atoms with Crippen LogP contribution in [0.3, 0.4) is 0 Å². The van der Waals surface area contributed by atoms with Crippen molar-refractivity contribution in [2.75, 3.05) is 18.1 Å². The number of thioether (sulfide) groups is 1. The van der Waals surface area contributed by atoms with Crippen molar-refractivity contribution in [3.63, 3.8) is 0 Å². The zero-order chi connectivity index (χ0) is 10.4. The molecule has 1 rings (SSSR count). The highest BCUT2D eigenvalue weighted by atomic mass is 32.2. The van der Waals surface area contributed by atoms with Crippen LogP contribution in [-0.4, -0.2) is 29.0 Å². The molecule has 2 nitrogen and oxygen atoms in total. The first kappa shape index (κ1) is 11.8. The van der Waals surface area contributed by atoms with E-state index in [2.05, 4.69) is 0 Å². The Balaban J connectivity index is 2.23. The zero-order valence-electron chi connectivity index (χ0n) is 8.10. The van der Waals surface area contributed by atoms with Gasteiger partial charge >= 0.3 is 0 Å². The van der Waals surface area contributed by atoms with Crippen molar-refractivity contribution < 1.29 is 9.90 Å². The minimum absolute atomic E-state index is 0.190. The number of aliphatic hydroxyl groups is 1. The Bertz CT molecular complexity index is 270. The number of aliphatic hydroxyl groups excluding tert-OH is 1. The topological polar surface area (TPSA) is 37.3 Å². The van der Waals surface area contributed by atoms with Crippen LogP contribution in [0.1, 0.15) is 16.6 Å². The minimum Gasteiger partial charge on any atom is -0.396 e. The van der Waals surface area contributed by atoms with Crippen molar-refractivity contribution in [1.82, 2.24) is 0 Å². The number of ketones is 1. The third kappa shape index (κ3) is 3.82. The molecule has 0 bridgehead atoms. The van der Waals surface area contributed by atoms with Gasteiger partial charge in [0.2, 0.25) is 0 Å². The largest absolute Gasteiger partial charge is 0.396 e. The van der Waals surface area contributed by atoms with Crippen LogP contribution < -0.4 is 0 Å². The van der Waals surface area contributed by atoms with E-state index in [-0.39, 0.29) is 18.3 Å². The van der Waals surface area contributed by atoms with Crippen molar-refractivity contribution in [3.05, 3.63) is 22.4 Å². The molecule has 0 aromatic carbocycles. The average Bonchev–Trinajstić information content (AvgIpc) is 2.70. The maximum Gasteiger partial charge on any atom is 0.182 e. The molecule has 1 atom stereocenters.